The van der Waals surface area contributed by atoms with Gasteiger partial charge in [0, 0.05) is 19.5 Å². The van der Waals surface area contributed by atoms with Gasteiger partial charge in [0.2, 0.25) is 12.2 Å². The molecule has 1 heterocycles. The number of amides is 1. The number of carboxylic acid groups (broad SMARTS) is 1. The molecule has 116 valence electrons. The van der Waals surface area contributed by atoms with Crippen molar-refractivity contribution < 1.29 is 19.6 Å². The molecule has 0 aliphatic rings. The van der Waals surface area contributed by atoms with Gasteiger partial charge in [-0.3, -0.25) is 9.59 Å². The van der Waals surface area contributed by atoms with Crippen molar-refractivity contribution in [2.45, 2.75) is 32.7 Å². The summed E-state index contributed by atoms with van der Waals surface area (Å²) in [4.78, 5) is 35.9. The third-order valence-corrected chi connectivity index (χ3v) is 2.94. The molecule has 9 nitrogen and oxygen atoms in total. The van der Waals surface area contributed by atoms with E-state index >= 15 is 0 Å². The van der Waals surface area contributed by atoms with Gasteiger partial charge in [-0.25, -0.2) is 0 Å². The van der Waals surface area contributed by atoms with Gasteiger partial charge in [0.1, 0.15) is 6.20 Å². The monoisotopic (exact) mass is 298 g/mol. The average molecular weight is 298 g/mol. The Morgan fingerprint density at radius 1 is 1.57 bits per heavy atom. The van der Waals surface area contributed by atoms with E-state index in [9.17, 15) is 19.7 Å². The van der Waals surface area contributed by atoms with E-state index in [0.29, 0.717) is 6.42 Å². The van der Waals surface area contributed by atoms with Crippen LogP contribution in [0.1, 0.15) is 26.2 Å². The number of rotatable bonds is 9. The number of carboxylic acids is 1. The highest BCUT2D eigenvalue weighted by Crippen LogP contribution is 2.07. The first-order valence-corrected chi connectivity index (χ1v) is 6.59. The SMILES string of the molecule is CCCC(CNC(=O)CCn1cnc([N+](=O)[O-])c1)C(=O)O. The van der Waals surface area contributed by atoms with Crippen LogP contribution in [0.15, 0.2) is 12.5 Å². The summed E-state index contributed by atoms with van der Waals surface area (Å²) in [7, 11) is 0. The number of hydrogen-bond donors (Lipinski definition) is 2. The Hall–Kier alpha value is -2.45. The predicted octanol–water partition coefficient (Wildman–Crippen LogP) is 0.799. The zero-order valence-corrected chi connectivity index (χ0v) is 11.7. The fourth-order valence-electron chi connectivity index (χ4n) is 1.78. The molecule has 0 aromatic carbocycles. The minimum Gasteiger partial charge on any atom is -0.481 e. The van der Waals surface area contributed by atoms with E-state index in [4.69, 9.17) is 5.11 Å². The molecule has 9 heteroatoms. The van der Waals surface area contributed by atoms with Gasteiger partial charge in [0.25, 0.3) is 0 Å². The quantitative estimate of drug-likeness (QED) is 0.512. The van der Waals surface area contributed by atoms with Crippen molar-refractivity contribution in [3.63, 3.8) is 0 Å². The third kappa shape index (κ3) is 5.59. The summed E-state index contributed by atoms with van der Waals surface area (Å²) >= 11 is 0. The lowest BCUT2D eigenvalue weighted by Crippen LogP contribution is -2.33. The zero-order valence-electron chi connectivity index (χ0n) is 11.7. The van der Waals surface area contributed by atoms with Crippen LogP contribution in [-0.4, -0.2) is 38.0 Å². The molecular weight excluding hydrogens is 280 g/mol. The lowest BCUT2D eigenvalue weighted by molar-refractivity contribution is -0.389. The van der Waals surface area contributed by atoms with E-state index in [2.05, 4.69) is 10.3 Å². The minimum atomic E-state index is -0.928. The first-order chi connectivity index (χ1) is 9.93. The second kappa shape index (κ2) is 7.98. The van der Waals surface area contributed by atoms with Crippen LogP contribution < -0.4 is 5.32 Å². The Bertz CT molecular complexity index is 514. The average Bonchev–Trinajstić information content (AvgIpc) is 2.89. The largest absolute Gasteiger partial charge is 0.481 e. The normalized spacial score (nSPS) is 11.9. The van der Waals surface area contributed by atoms with Gasteiger partial charge in [-0.1, -0.05) is 13.3 Å². The van der Waals surface area contributed by atoms with Crippen LogP contribution in [-0.2, 0) is 16.1 Å². The van der Waals surface area contributed by atoms with Gasteiger partial charge in [-0.05, 0) is 16.3 Å². The number of hydrogen-bond acceptors (Lipinski definition) is 5. The van der Waals surface area contributed by atoms with Gasteiger partial charge in [-0.15, -0.1) is 0 Å². The van der Waals surface area contributed by atoms with Gasteiger partial charge < -0.3 is 25.1 Å². The third-order valence-electron chi connectivity index (χ3n) is 2.94. The second-order valence-corrected chi connectivity index (χ2v) is 4.60. The lowest BCUT2D eigenvalue weighted by Gasteiger charge is -2.12. The van der Waals surface area contributed by atoms with Gasteiger partial charge in [0.15, 0.2) is 0 Å². The molecule has 2 N–H and O–H groups in total. The smallest absolute Gasteiger partial charge is 0.381 e. The molecule has 1 rings (SSSR count). The van der Waals surface area contributed by atoms with Crippen LogP contribution in [0.5, 0.6) is 0 Å². The van der Waals surface area contributed by atoms with Crippen molar-refractivity contribution >= 4 is 17.7 Å². The van der Waals surface area contributed by atoms with Crippen molar-refractivity contribution in [1.82, 2.24) is 14.9 Å². The first kappa shape index (κ1) is 16.6. The van der Waals surface area contributed by atoms with Crippen LogP contribution in [0.25, 0.3) is 0 Å². The van der Waals surface area contributed by atoms with E-state index in [-0.39, 0.29) is 31.2 Å². The molecule has 0 spiro atoms. The Kier molecular flexibility index (Phi) is 6.31. The summed E-state index contributed by atoms with van der Waals surface area (Å²) in [5, 5.41) is 22.0. The van der Waals surface area contributed by atoms with Crippen LogP contribution in [0, 0.1) is 16.0 Å². The molecule has 1 amide bonds. The number of nitrogens with zero attached hydrogens (tertiary/aromatic N) is 3. The van der Waals surface area contributed by atoms with Crippen LogP contribution in [0.3, 0.4) is 0 Å². The van der Waals surface area contributed by atoms with E-state index in [1.807, 2.05) is 6.92 Å². The number of aromatic nitrogens is 2. The maximum atomic E-state index is 11.6. The fourth-order valence-corrected chi connectivity index (χ4v) is 1.78. The first-order valence-electron chi connectivity index (χ1n) is 6.59. The van der Waals surface area contributed by atoms with E-state index in [0.717, 1.165) is 6.42 Å². The molecule has 0 fully saturated rings. The van der Waals surface area contributed by atoms with Crippen molar-refractivity contribution in [3.8, 4) is 0 Å². The van der Waals surface area contributed by atoms with Crippen molar-refractivity contribution in [2.24, 2.45) is 5.92 Å². The van der Waals surface area contributed by atoms with Gasteiger partial charge in [0.05, 0.1) is 5.92 Å². The Labute approximate surface area is 121 Å². The number of nitrogens with one attached hydrogen (secondary N) is 1. The van der Waals surface area contributed by atoms with Crippen molar-refractivity contribution in [2.75, 3.05) is 6.54 Å². The minimum absolute atomic E-state index is 0.0894. The Balaban J connectivity index is 2.36. The number of aryl methyl sites for hydroxylation is 1. The lowest BCUT2D eigenvalue weighted by atomic mass is 10.0. The van der Waals surface area contributed by atoms with Crippen LogP contribution >= 0.6 is 0 Å². The molecule has 0 bridgehead atoms. The van der Waals surface area contributed by atoms with Crippen LogP contribution in [0.4, 0.5) is 5.82 Å². The number of carbonyl (C=O) groups excluding carboxylic acids is 1. The zero-order chi connectivity index (χ0) is 15.8. The summed E-state index contributed by atoms with van der Waals surface area (Å²) in [5.41, 5.74) is 0. The number of nitro groups is 1. The Morgan fingerprint density at radius 3 is 2.81 bits per heavy atom. The summed E-state index contributed by atoms with van der Waals surface area (Å²) in [6.45, 7) is 2.22. The molecule has 1 atom stereocenters. The summed E-state index contributed by atoms with van der Waals surface area (Å²) < 4.78 is 1.44. The fraction of sp³-hybridized carbons (Fsp3) is 0.583. The molecule has 1 aromatic heterocycles. The molecular formula is C12H18N4O5. The predicted molar refractivity (Wildman–Crippen MR) is 72.5 cm³/mol. The van der Waals surface area contributed by atoms with Gasteiger partial charge >= 0.3 is 11.8 Å². The molecule has 0 radical (unpaired) electrons. The topological polar surface area (TPSA) is 127 Å². The molecule has 21 heavy (non-hydrogen) atoms. The highest BCUT2D eigenvalue weighted by molar-refractivity contribution is 5.77. The van der Waals surface area contributed by atoms with E-state index < -0.39 is 16.8 Å². The molecule has 0 saturated heterocycles. The van der Waals surface area contributed by atoms with E-state index in [1.165, 1.54) is 17.1 Å². The molecule has 1 aromatic rings. The van der Waals surface area contributed by atoms with E-state index in [1.54, 1.807) is 0 Å². The molecule has 0 saturated carbocycles. The maximum absolute atomic E-state index is 11.6. The van der Waals surface area contributed by atoms with Gasteiger partial charge in [-0.2, -0.15) is 0 Å². The summed E-state index contributed by atoms with van der Waals surface area (Å²) in [6.07, 6.45) is 3.85. The second-order valence-electron chi connectivity index (χ2n) is 4.60. The molecule has 0 aliphatic carbocycles. The Morgan fingerprint density at radius 2 is 2.29 bits per heavy atom. The summed E-state index contributed by atoms with van der Waals surface area (Å²) in [6, 6.07) is 0. The maximum Gasteiger partial charge on any atom is 0.381 e. The number of imidazole rings is 1. The number of carbonyl (C=O) groups is 2. The highest BCUT2D eigenvalue weighted by Gasteiger charge is 2.17. The number of aliphatic carboxylic acids is 1. The van der Waals surface area contributed by atoms with Crippen molar-refractivity contribution in [3.05, 3.63) is 22.6 Å². The molecule has 1 unspecified atom stereocenters. The molecule has 0 aliphatic heterocycles. The highest BCUT2D eigenvalue weighted by atomic mass is 16.6. The van der Waals surface area contributed by atoms with Crippen LogP contribution in [0.2, 0.25) is 0 Å². The standard InChI is InChI=1S/C12H18N4O5/c1-2-3-9(12(18)19)6-13-11(17)4-5-15-7-10(14-8-15)16(20)21/h7-9H,2-6H2,1H3,(H,13,17)(H,18,19). The van der Waals surface area contributed by atoms with Crippen molar-refractivity contribution in [1.29, 1.82) is 0 Å². The summed E-state index contributed by atoms with van der Waals surface area (Å²) in [5.74, 6) is -2.09.